The molecule has 5 aliphatic heterocycles. The van der Waals surface area contributed by atoms with Crippen LogP contribution in [-0.2, 0) is 28.7 Å². The van der Waals surface area contributed by atoms with Crippen molar-refractivity contribution < 1.29 is 56.1 Å². The van der Waals surface area contributed by atoms with Crippen LogP contribution in [0, 0.1) is 61.3 Å². The van der Waals surface area contributed by atoms with Crippen LogP contribution in [0.2, 0.25) is 0 Å². The summed E-state index contributed by atoms with van der Waals surface area (Å²) in [6, 6.07) is 76.0. The molecule has 0 spiro atoms. The number of aliphatic imine (C=N–C) groups is 5. The van der Waals surface area contributed by atoms with E-state index < -0.39 is 24.2 Å². The highest BCUT2D eigenvalue weighted by Crippen LogP contribution is 2.48. The summed E-state index contributed by atoms with van der Waals surface area (Å²) in [5.74, 6) is 3.84. The van der Waals surface area contributed by atoms with E-state index >= 15 is 0 Å². The number of nitrogens with zero attached hydrogens (tertiary/aromatic N) is 13. The van der Waals surface area contributed by atoms with Gasteiger partial charge in [0.05, 0.1) is 131 Å². The summed E-state index contributed by atoms with van der Waals surface area (Å²) in [4.78, 5) is 95.8. The summed E-state index contributed by atoms with van der Waals surface area (Å²) >= 11 is 0. The zero-order valence-corrected chi connectivity index (χ0v) is 79.4. The second-order valence-corrected chi connectivity index (χ2v) is 34.2. The first-order chi connectivity index (χ1) is 67.9. The van der Waals surface area contributed by atoms with E-state index in [4.69, 9.17) is 76.8 Å². The molecule has 140 heavy (non-hydrogen) atoms. The van der Waals surface area contributed by atoms with Crippen molar-refractivity contribution in [3.05, 3.63) is 395 Å². The maximum absolute atomic E-state index is 12.6. The molecule has 27 heteroatoms. The number of amides is 2. The maximum Gasteiger partial charge on any atom is 0.222 e. The van der Waals surface area contributed by atoms with Gasteiger partial charge in [-0.25, -0.2) is 14.5 Å². The van der Waals surface area contributed by atoms with Crippen molar-refractivity contribution in [3.63, 3.8) is 0 Å². The average Bonchev–Trinajstić information content (AvgIpc) is 1.63. The van der Waals surface area contributed by atoms with Gasteiger partial charge in [0.25, 0.3) is 0 Å². The molecular weight excluding hydrogens is 1760 g/mol. The Morgan fingerprint density at radius 3 is 0.836 bits per heavy atom. The van der Waals surface area contributed by atoms with Crippen LogP contribution in [-0.4, -0.2) is 117 Å². The fourth-order valence-electron chi connectivity index (χ4n) is 17.9. The summed E-state index contributed by atoms with van der Waals surface area (Å²) in [7, 11) is 3.23. The summed E-state index contributed by atoms with van der Waals surface area (Å²) in [5, 5.41) is 26.4. The number of hydrogen-bond donors (Lipinski definition) is 2. The molecule has 5 atom stereocenters. The van der Waals surface area contributed by atoms with Gasteiger partial charge in [-0.2, -0.15) is 0 Å². The minimum absolute atomic E-state index is 0.0393. The zero-order valence-electron chi connectivity index (χ0n) is 79.4. The van der Waals surface area contributed by atoms with Crippen LogP contribution in [0.5, 0.6) is 5.75 Å². The summed E-state index contributed by atoms with van der Waals surface area (Å²) in [6.07, 6.45) is 1.11. The van der Waals surface area contributed by atoms with E-state index in [1.165, 1.54) is 5.56 Å². The van der Waals surface area contributed by atoms with Gasteiger partial charge in [0.2, 0.25) is 11.8 Å². The van der Waals surface area contributed by atoms with Crippen LogP contribution in [0.4, 0.5) is 17.1 Å². The Balaban J connectivity index is 0.000000126. The number of ketones is 3. The molecule has 0 radical (unpaired) electrons. The number of carbonyl (C=O) groups excluding carboxylic acids is 5. The molecule has 10 aromatic carbocycles. The number of methoxy groups -OCH3 is 2. The number of Topliss-reactive ketones (excluding diaryl/α,β-unsaturated/α-hetero) is 3. The number of nitrogens with one attached hydrogen (secondary N) is 2. The quantitative estimate of drug-likeness (QED) is 0.0529. The van der Waals surface area contributed by atoms with Gasteiger partial charge in [0, 0.05) is 78.4 Å². The van der Waals surface area contributed by atoms with Gasteiger partial charge < -0.3 is 42.7 Å². The highest BCUT2D eigenvalue weighted by Gasteiger charge is 2.38. The molecule has 0 saturated heterocycles. The first-order valence-corrected chi connectivity index (χ1v) is 45.8. The standard InChI is InChI=1S/C24H22N4O3.C23H20N4O2.C22H17N3O2.C22H20N2O3.C22H20N2O2/c1-15-22-18-6-4-5-7-19(18)23(16-8-10-17(25-2)11-9-16)27-20(24(22)31-28-15)14-21(29)26-12-13-30-3;1-4-25-20(28)13-19-23-21(14(2)27-29-23)17-7-5-6-8-18(17)22(26-19)15-9-11-16(24-3)12-10-15;1-13(26)12-19-22-20(14(2)25-27-22)17-6-4-5-7-18(17)21(24-19)15-8-10-16(23-3)11-9-15;1-13(25)11-19-22-20(14(2)24-27-22)17-9-4-5-10-18(17)21(23-19)15-7-6-8-16(12-15)26-3;1-13-8-10-16(11-9-13)21-18-7-5-4-6-17(18)20-15(3)24-26-22(20)19(23-21)12-14(2)25/h4-11,20H,12-14H2,1,3H3,(H,26,29);5-12,19H,4,13H2,1-2H3,(H,25,28);4-11,19H,12H2,1-2H3;4-10,12,19H,11H2,1-3H3;4-11,19H,12H2,1-3H3/t20-;4*19-/m00000/s1. The monoisotopic (exact) mass is 1860 g/mol. The zero-order chi connectivity index (χ0) is 98.4. The third-order valence-electron chi connectivity index (χ3n) is 24.3. The van der Waals surface area contributed by atoms with Gasteiger partial charge in [0.1, 0.15) is 53.3 Å². The lowest BCUT2D eigenvalue weighted by atomic mass is 9.92. The Morgan fingerprint density at radius 2 is 0.579 bits per heavy atom. The molecule has 15 aromatic rings. The number of ether oxygens (including phenoxy) is 2. The SMILES string of the molecule is CC(=O)C[C@@H]1N=C(c2ccc(C)cc2)c2ccccc2-c2c(C)noc21.COc1cccc(C2=N[C@@H](CC(C)=O)c3onc(C)c3-c3ccccc32)c1.[C-]#[N+]c1ccc(C2=N[C@@H](CC(=O)NCC)c3onc(C)c3-c3ccccc32)cc1.[C-]#[N+]c1ccc(C2=N[C@@H](CC(=O)NCCOC)c3onc(C)c3-c3ccccc32)cc1.[C-]#[N+]c1ccc(C2=N[C@@H](CC(C)=O)c3onc(C)c3-c3ccccc32)cc1. The number of carbonyl (C=O) groups is 5. The van der Waals surface area contributed by atoms with E-state index in [9.17, 15) is 24.0 Å². The van der Waals surface area contributed by atoms with Crippen LogP contribution in [0.1, 0.15) is 208 Å². The van der Waals surface area contributed by atoms with Crippen LogP contribution in [0.15, 0.2) is 290 Å². The van der Waals surface area contributed by atoms with Crippen molar-refractivity contribution in [1.82, 2.24) is 36.4 Å². The highest BCUT2D eigenvalue weighted by atomic mass is 16.5. The molecule has 0 aliphatic carbocycles. The molecule has 698 valence electrons. The highest BCUT2D eigenvalue weighted by molar-refractivity contribution is 6.21. The minimum atomic E-state index is -0.526. The van der Waals surface area contributed by atoms with Gasteiger partial charge in [0.15, 0.2) is 45.9 Å². The van der Waals surface area contributed by atoms with Crippen LogP contribution >= 0.6 is 0 Å². The average molecular weight is 1860 g/mol. The van der Waals surface area contributed by atoms with Gasteiger partial charge in [-0.05, 0) is 126 Å². The van der Waals surface area contributed by atoms with Crippen molar-refractivity contribution in [2.45, 2.75) is 132 Å². The van der Waals surface area contributed by atoms with Crippen molar-refractivity contribution in [3.8, 4) is 61.4 Å². The fraction of sp³-hybridized carbons (Fsp3) is 0.221. The third-order valence-corrected chi connectivity index (χ3v) is 24.3. The molecule has 2 amide bonds. The van der Waals surface area contributed by atoms with Crippen molar-refractivity contribution in [2.24, 2.45) is 25.0 Å². The Morgan fingerprint density at radius 1 is 0.321 bits per heavy atom. The first-order valence-electron chi connectivity index (χ1n) is 45.8. The number of benzene rings is 10. The van der Waals surface area contributed by atoms with Crippen molar-refractivity contribution in [2.75, 3.05) is 33.9 Å². The van der Waals surface area contributed by atoms with Gasteiger partial charge in [-0.1, -0.05) is 262 Å². The smallest absolute Gasteiger partial charge is 0.222 e. The predicted molar refractivity (Wildman–Crippen MR) is 536 cm³/mol. The van der Waals surface area contributed by atoms with Crippen LogP contribution in [0.3, 0.4) is 0 Å². The summed E-state index contributed by atoms with van der Waals surface area (Å²) in [6.45, 7) is 41.2. The molecule has 0 bridgehead atoms. The van der Waals surface area contributed by atoms with E-state index in [-0.39, 0.29) is 60.9 Å². The normalized spacial score (nSPS) is 15.1. The molecule has 0 unspecified atom stereocenters. The Labute approximate surface area is 809 Å². The van der Waals surface area contributed by atoms with Gasteiger partial charge in [-0.3, -0.25) is 48.9 Å². The lowest BCUT2D eigenvalue weighted by molar-refractivity contribution is -0.122. The molecule has 20 rings (SSSR count). The molecule has 0 fully saturated rings. The Hall–Kier alpha value is -17.2. The van der Waals surface area contributed by atoms with Crippen molar-refractivity contribution >= 4 is 74.8 Å². The lowest BCUT2D eigenvalue weighted by Crippen LogP contribution is -2.28. The summed E-state index contributed by atoms with van der Waals surface area (Å²) < 4.78 is 38.6. The second-order valence-electron chi connectivity index (χ2n) is 34.2. The molecule has 2 N–H and O–H groups in total. The molecule has 5 aromatic heterocycles. The largest absolute Gasteiger partial charge is 0.497 e. The van der Waals surface area contributed by atoms with E-state index in [0.29, 0.717) is 72.0 Å². The second kappa shape index (κ2) is 43.2. The molecule has 27 nitrogen and oxygen atoms in total. The predicted octanol–water partition coefficient (Wildman–Crippen LogP) is 23.3. The Bertz CT molecular complexity index is 7530. The number of fused-ring (bicyclic) bond motifs is 15. The third kappa shape index (κ3) is 20.8. The number of aromatic nitrogens is 5. The molecule has 0 saturated carbocycles. The number of rotatable bonds is 20. The number of aryl methyl sites for hydroxylation is 6. The number of hydrogen-bond acceptors (Lipinski definition) is 22. The fourth-order valence-corrected chi connectivity index (χ4v) is 17.9. The molecule has 10 heterocycles. The topological polar surface area (TPSA) is 333 Å². The van der Waals surface area contributed by atoms with Gasteiger partial charge >= 0.3 is 0 Å². The minimum Gasteiger partial charge on any atom is -0.497 e. The molecular formula is C113H99N15O12. The van der Waals surface area contributed by atoms with Crippen molar-refractivity contribution in [1.29, 1.82) is 0 Å². The Kier molecular flexibility index (Phi) is 29.6. The van der Waals surface area contributed by atoms with E-state index in [1.807, 2.05) is 211 Å². The first kappa shape index (κ1) is 95.9. The lowest BCUT2D eigenvalue weighted by Gasteiger charge is -2.12. The van der Waals surface area contributed by atoms with E-state index in [0.717, 1.165) is 174 Å². The van der Waals surface area contributed by atoms with Crippen LogP contribution in [0.25, 0.3) is 70.2 Å². The summed E-state index contributed by atoms with van der Waals surface area (Å²) in [5.41, 5.74) is 30.0. The van der Waals surface area contributed by atoms with E-state index in [2.05, 4.69) is 94.3 Å². The molecule has 5 aliphatic rings. The van der Waals surface area contributed by atoms with Gasteiger partial charge in [-0.15, -0.1) is 0 Å². The van der Waals surface area contributed by atoms with E-state index in [1.54, 1.807) is 71.4 Å². The van der Waals surface area contributed by atoms with Crippen LogP contribution < -0.4 is 15.4 Å². The maximum atomic E-state index is 12.6.